The Morgan fingerprint density at radius 2 is 2.03 bits per heavy atom. The molecule has 0 N–H and O–H groups in total. The van der Waals surface area contributed by atoms with E-state index in [0.717, 1.165) is 29.9 Å². The maximum atomic E-state index is 13.6. The Hall–Kier alpha value is -2.57. The van der Waals surface area contributed by atoms with Gasteiger partial charge in [-0.15, -0.1) is 11.3 Å². The number of nitroso groups, excluding NO2 is 1. The molecule has 1 aromatic carbocycles. The van der Waals surface area contributed by atoms with Gasteiger partial charge in [0.1, 0.15) is 17.9 Å². The number of benzene rings is 1. The van der Waals surface area contributed by atoms with E-state index in [4.69, 9.17) is 9.47 Å². The molecular weight excluding hydrogens is 533 g/mol. The number of hydrogen-bond donors (Lipinski definition) is 0. The molecule has 0 bridgehead atoms. The number of rotatable bonds is 8. The van der Waals surface area contributed by atoms with Gasteiger partial charge in [-0.3, -0.25) is 9.69 Å². The lowest BCUT2D eigenvalue weighted by molar-refractivity contribution is -0.137. The molecule has 2 aliphatic heterocycles. The number of ether oxygens (including phenoxy) is 2. The third-order valence-electron chi connectivity index (χ3n) is 6.84. The van der Waals surface area contributed by atoms with Crippen molar-refractivity contribution in [3.63, 3.8) is 0 Å². The maximum absolute atomic E-state index is 13.6. The Morgan fingerprint density at radius 3 is 2.67 bits per heavy atom. The van der Waals surface area contributed by atoms with E-state index in [1.165, 1.54) is 17.4 Å². The summed E-state index contributed by atoms with van der Waals surface area (Å²) in [4.78, 5) is 32.0. The molecular formula is C27H35F3N4O4S. The van der Waals surface area contributed by atoms with Gasteiger partial charge in [-0.25, -0.2) is 0 Å². The number of hydrogen-bond acceptors (Lipinski definition) is 7. The fourth-order valence-corrected chi connectivity index (χ4v) is 5.78. The second-order valence-corrected chi connectivity index (χ2v) is 12.3. The van der Waals surface area contributed by atoms with Crippen LogP contribution in [0.3, 0.4) is 0 Å². The van der Waals surface area contributed by atoms with Crippen LogP contribution in [0.4, 0.5) is 13.2 Å². The van der Waals surface area contributed by atoms with Crippen molar-refractivity contribution >= 4 is 17.2 Å². The summed E-state index contributed by atoms with van der Waals surface area (Å²) < 4.78 is 54.4. The lowest BCUT2D eigenvalue weighted by Gasteiger charge is -2.19. The van der Waals surface area contributed by atoms with E-state index in [-0.39, 0.29) is 35.0 Å². The molecule has 0 radical (unpaired) electrons. The quantitative estimate of drug-likeness (QED) is 0.399. The van der Waals surface area contributed by atoms with Crippen molar-refractivity contribution in [2.24, 2.45) is 10.2 Å². The predicted octanol–water partition coefficient (Wildman–Crippen LogP) is 5.39. The van der Waals surface area contributed by atoms with Gasteiger partial charge in [0.25, 0.3) is 5.91 Å². The first-order valence-electron chi connectivity index (χ1n) is 13.2. The van der Waals surface area contributed by atoms with E-state index in [1.54, 1.807) is 6.92 Å². The van der Waals surface area contributed by atoms with Crippen LogP contribution >= 0.6 is 11.3 Å². The van der Waals surface area contributed by atoms with Gasteiger partial charge in [-0.2, -0.15) is 23.1 Å². The Balaban J connectivity index is 1.66. The molecule has 4 rings (SSSR count). The lowest BCUT2D eigenvalue weighted by atomic mass is 9.95. The van der Waals surface area contributed by atoms with Gasteiger partial charge in [0.15, 0.2) is 4.80 Å². The van der Waals surface area contributed by atoms with Crippen LogP contribution in [0, 0.1) is 4.91 Å². The summed E-state index contributed by atoms with van der Waals surface area (Å²) in [5.74, 6) is -0.739. The fraction of sp³-hybridized carbons (Fsp3) is 0.630. The first-order valence-corrected chi connectivity index (χ1v) is 14.0. The van der Waals surface area contributed by atoms with Gasteiger partial charge in [-0.1, -0.05) is 25.9 Å². The van der Waals surface area contributed by atoms with Crippen molar-refractivity contribution in [2.45, 2.75) is 83.3 Å². The largest absolute Gasteiger partial charge is 0.488 e. The Labute approximate surface area is 229 Å². The average Bonchev–Trinajstić information content (AvgIpc) is 3.61. The molecule has 2 aromatic rings. The summed E-state index contributed by atoms with van der Waals surface area (Å²) in [5, 5.41) is 3.02. The third-order valence-corrected chi connectivity index (χ3v) is 8.29. The summed E-state index contributed by atoms with van der Waals surface area (Å²) in [6.45, 7) is 10.7. The van der Waals surface area contributed by atoms with Gasteiger partial charge in [0, 0.05) is 37.3 Å². The van der Waals surface area contributed by atoms with Crippen LogP contribution in [0.15, 0.2) is 34.6 Å². The van der Waals surface area contributed by atoms with Crippen molar-refractivity contribution in [3.8, 4) is 5.75 Å². The number of thiazole rings is 1. The number of carbonyl (C=O) groups excluding carboxylic acids is 1. The topological polar surface area (TPSA) is 85.5 Å². The van der Waals surface area contributed by atoms with Crippen LogP contribution < -0.4 is 9.54 Å². The van der Waals surface area contributed by atoms with Crippen molar-refractivity contribution in [1.29, 1.82) is 0 Å². The fourth-order valence-electron chi connectivity index (χ4n) is 4.72. The number of aromatic nitrogens is 1. The number of carbonyl (C=O) groups is 1. The van der Waals surface area contributed by atoms with Crippen LogP contribution in [0.5, 0.6) is 5.75 Å². The normalized spacial score (nSPS) is 21.9. The highest BCUT2D eigenvalue weighted by atomic mass is 32.1. The van der Waals surface area contributed by atoms with E-state index < -0.39 is 17.6 Å². The average molecular weight is 569 g/mol. The van der Waals surface area contributed by atoms with E-state index >= 15 is 0 Å². The van der Waals surface area contributed by atoms with Gasteiger partial charge in [0.2, 0.25) is 0 Å². The number of nitrogens with zero attached hydrogens (tertiary/aromatic N) is 4. The zero-order chi connectivity index (χ0) is 28.4. The highest BCUT2D eigenvalue weighted by Gasteiger charge is 2.33. The van der Waals surface area contributed by atoms with Crippen LogP contribution in [-0.2, 0) is 22.9 Å². The van der Waals surface area contributed by atoms with E-state index in [1.807, 2.05) is 15.7 Å². The second-order valence-electron chi connectivity index (χ2n) is 11.3. The standard InChI is InChI=1S/C27H35F3N4O4S/c1-17(32-36)13-33-10-9-20(14-33)38-22-8-7-18(27(28,29)30)12-21(22)24(35)31-25-34(15-19-6-5-11-37-19)16-23(39-25)26(2,3)4/h7-8,12,16-17,19-20H,5-6,9-11,13-15H2,1-4H3/t17?,19-,20+/m1/s1. The van der Waals surface area contributed by atoms with Crippen molar-refractivity contribution in [2.75, 3.05) is 26.2 Å². The molecule has 39 heavy (non-hydrogen) atoms. The lowest BCUT2D eigenvalue weighted by Crippen LogP contribution is -2.30. The van der Waals surface area contributed by atoms with Gasteiger partial charge >= 0.3 is 6.18 Å². The third kappa shape index (κ3) is 7.55. The van der Waals surface area contributed by atoms with Crippen LogP contribution in [-0.4, -0.2) is 59.9 Å². The monoisotopic (exact) mass is 568 g/mol. The smallest absolute Gasteiger partial charge is 0.416 e. The summed E-state index contributed by atoms with van der Waals surface area (Å²) in [5.41, 5.74) is -1.38. The molecule has 2 saturated heterocycles. The van der Waals surface area contributed by atoms with Crippen molar-refractivity contribution in [3.05, 3.63) is 50.1 Å². The summed E-state index contributed by atoms with van der Waals surface area (Å²) >= 11 is 1.35. The summed E-state index contributed by atoms with van der Waals surface area (Å²) in [7, 11) is 0. The molecule has 1 unspecified atom stereocenters. The van der Waals surface area contributed by atoms with E-state index in [0.29, 0.717) is 44.0 Å². The number of amides is 1. The number of likely N-dealkylation sites (tertiary alicyclic amines) is 1. The zero-order valence-corrected chi connectivity index (χ0v) is 23.5. The maximum Gasteiger partial charge on any atom is 0.416 e. The Morgan fingerprint density at radius 1 is 1.26 bits per heavy atom. The first-order chi connectivity index (χ1) is 18.3. The molecule has 0 spiro atoms. The second kappa shape index (κ2) is 11.9. The minimum absolute atomic E-state index is 0.00336. The SMILES string of the molecule is CC(CN1CC[C@H](Oc2ccc(C(F)(F)F)cc2C(=O)N=c2sc(C(C)(C)C)cn2C[C@H]2CCCO2)C1)N=O. The van der Waals surface area contributed by atoms with Crippen molar-refractivity contribution in [1.82, 2.24) is 9.47 Å². The zero-order valence-electron chi connectivity index (χ0n) is 22.7. The molecule has 1 aromatic heterocycles. The molecule has 2 aliphatic rings. The predicted molar refractivity (Wildman–Crippen MR) is 142 cm³/mol. The molecule has 8 nitrogen and oxygen atoms in total. The number of halogens is 3. The molecule has 0 saturated carbocycles. The molecule has 0 aliphatic carbocycles. The van der Waals surface area contributed by atoms with Crippen LogP contribution in [0.25, 0.3) is 0 Å². The molecule has 1 amide bonds. The first kappa shape index (κ1) is 29.4. The highest BCUT2D eigenvalue weighted by molar-refractivity contribution is 7.09. The summed E-state index contributed by atoms with van der Waals surface area (Å²) in [6.07, 6.45) is -0.559. The highest BCUT2D eigenvalue weighted by Crippen LogP contribution is 2.34. The summed E-state index contributed by atoms with van der Waals surface area (Å²) in [6, 6.07) is 2.54. The molecule has 214 valence electrons. The molecule has 12 heteroatoms. The van der Waals surface area contributed by atoms with Gasteiger partial charge in [0.05, 0.1) is 23.8 Å². The van der Waals surface area contributed by atoms with Gasteiger partial charge in [-0.05, 0) is 49.8 Å². The van der Waals surface area contributed by atoms with Crippen LogP contribution in [0.1, 0.15) is 67.8 Å². The van der Waals surface area contributed by atoms with Crippen molar-refractivity contribution < 1.29 is 27.4 Å². The Bertz CT molecular complexity index is 1240. The number of alkyl halides is 3. The van der Waals surface area contributed by atoms with Gasteiger partial charge < -0.3 is 14.0 Å². The van der Waals surface area contributed by atoms with E-state index in [2.05, 4.69) is 30.9 Å². The molecule has 3 heterocycles. The molecule has 3 atom stereocenters. The van der Waals surface area contributed by atoms with E-state index in [9.17, 15) is 22.9 Å². The minimum Gasteiger partial charge on any atom is -0.488 e. The Kier molecular flexibility index (Phi) is 8.97. The molecule has 2 fully saturated rings. The van der Waals surface area contributed by atoms with Crippen LogP contribution in [0.2, 0.25) is 0 Å². The minimum atomic E-state index is -4.63.